The molecular weight excluding hydrogens is 174 g/mol. The molecular formula is C9H14ClNO. The Hall–Kier alpha value is -0.890. The van der Waals surface area contributed by atoms with E-state index in [1.165, 1.54) is 0 Å². The first-order valence-corrected chi connectivity index (χ1v) is 3.58. The molecule has 0 bridgehead atoms. The number of nitrogens with zero attached hydrogens (tertiary/aromatic N) is 1. The predicted molar refractivity (Wildman–Crippen MR) is 54.4 cm³/mol. The molecule has 1 aromatic carbocycles. The highest BCUT2D eigenvalue weighted by atomic mass is 35.5. The Morgan fingerprint density at radius 1 is 1.25 bits per heavy atom. The molecule has 0 saturated heterocycles. The highest BCUT2D eigenvalue weighted by molar-refractivity contribution is 5.85. The van der Waals surface area contributed by atoms with Crippen LogP contribution in [0.4, 0.5) is 5.69 Å². The lowest BCUT2D eigenvalue weighted by atomic mass is 10.2. The number of aromatic hydroxyl groups is 1. The lowest BCUT2D eigenvalue weighted by Gasteiger charge is -2.12. The van der Waals surface area contributed by atoms with E-state index in [2.05, 4.69) is 0 Å². The summed E-state index contributed by atoms with van der Waals surface area (Å²) in [5.74, 6) is 0.357. The number of halogens is 1. The van der Waals surface area contributed by atoms with Gasteiger partial charge in [-0.25, -0.2) is 0 Å². The fourth-order valence-electron chi connectivity index (χ4n) is 0.918. The topological polar surface area (TPSA) is 23.5 Å². The van der Waals surface area contributed by atoms with Gasteiger partial charge in [-0.05, 0) is 30.7 Å². The molecule has 0 aromatic heterocycles. The number of hydrogen-bond donors (Lipinski definition) is 1. The van der Waals surface area contributed by atoms with E-state index >= 15 is 0 Å². The van der Waals surface area contributed by atoms with Crippen molar-refractivity contribution in [2.75, 3.05) is 19.0 Å². The average molecular weight is 188 g/mol. The Bertz CT molecular complexity index is 261. The number of anilines is 1. The number of phenols is 1. The molecule has 0 atom stereocenters. The van der Waals surface area contributed by atoms with Crippen LogP contribution in [0.25, 0.3) is 0 Å². The second-order valence-corrected chi connectivity index (χ2v) is 2.87. The average Bonchev–Trinajstić information content (AvgIpc) is 1.94. The standard InChI is InChI=1S/C9H13NO.ClH/c1-7-6-8(10(2)3)4-5-9(7)11;/h4-6,11H,1-3H3;1H. The monoisotopic (exact) mass is 187 g/mol. The van der Waals surface area contributed by atoms with Crippen molar-refractivity contribution < 1.29 is 5.11 Å². The molecule has 0 spiro atoms. The SMILES string of the molecule is Cc1cc(N(C)C)ccc1O.Cl. The summed E-state index contributed by atoms with van der Waals surface area (Å²) in [6, 6.07) is 5.56. The van der Waals surface area contributed by atoms with Gasteiger partial charge in [0.2, 0.25) is 0 Å². The molecule has 0 unspecified atom stereocenters. The van der Waals surface area contributed by atoms with Gasteiger partial charge in [-0.2, -0.15) is 0 Å². The number of rotatable bonds is 1. The summed E-state index contributed by atoms with van der Waals surface area (Å²) in [5.41, 5.74) is 2.02. The van der Waals surface area contributed by atoms with Crippen molar-refractivity contribution in [2.24, 2.45) is 0 Å². The first kappa shape index (κ1) is 11.1. The van der Waals surface area contributed by atoms with Crippen molar-refractivity contribution in [3.05, 3.63) is 23.8 Å². The zero-order valence-electron chi connectivity index (χ0n) is 7.53. The summed E-state index contributed by atoms with van der Waals surface area (Å²) in [6.45, 7) is 1.89. The summed E-state index contributed by atoms with van der Waals surface area (Å²) in [5, 5.41) is 9.21. The smallest absolute Gasteiger partial charge is 0.118 e. The molecule has 0 aliphatic heterocycles. The third kappa shape index (κ3) is 2.31. The Balaban J connectivity index is 0.00000121. The van der Waals surface area contributed by atoms with Crippen LogP contribution < -0.4 is 4.90 Å². The van der Waals surface area contributed by atoms with Gasteiger partial charge < -0.3 is 10.0 Å². The molecule has 0 radical (unpaired) electrons. The Labute approximate surface area is 79.2 Å². The van der Waals surface area contributed by atoms with Gasteiger partial charge in [0.1, 0.15) is 5.75 Å². The summed E-state index contributed by atoms with van der Waals surface area (Å²) < 4.78 is 0. The lowest BCUT2D eigenvalue weighted by Crippen LogP contribution is -2.08. The molecule has 68 valence electrons. The third-order valence-corrected chi connectivity index (χ3v) is 1.70. The minimum absolute atomic E-state index is 0. The third-order valence-electron chi connectivity index (χ3n) is 1.70. The largest absolute Gasteiger partial charge is 0.508 e. The maximum atomic E-state index is 9.21. The zero-order valence-corrected chi connectivity index (χ0v) is 8.35. The zero-order chi connectivity index (χ0) is 8.43. The van der Waals surface area contributed by atoms with Crippen LogP contribution in [-0.2, 0) is 0 Å². The van der Waals surface area contributed by atoms with E-state index in [4.69, 9.17) is 0 Å². The number of benzene rings is 1. The second kappa shape index (κ2) is 4.21. The van der Waals surface area contributed by atoms with E-state index in [9.17, 15) is 5.11 Å². The molecule has 1 rings (SSSR count). The van der Waals surface area contributed by atoms with E-state index in [1.54, 1.807) is 6.07 Å². The molecule has 0 aliphatic carbocycles. The van der Waals surface area contributed by atoms with Gasteiger partial charge in [-0.15, -0.1) is 12.4 Å². The Kier molecular flexibility index (Phi) is 3.90. The quantitative estimate of drug-likeness (QED) is 0.729. The van der Waals surface area contributed by atoms with Gasteiger partial charge in [0.15, 0.2) is 0 Å². The van der Waals surface area contributed by atoms with Crippen molar-refractivity contribution in [1.82, 2.24) is 0 Å². The Morgan fingerprint density at radius 3 is 2.25 bits per heavy atom. The molecule has 0 fully saturated rings. The van der Waals surface area contributed by atoms with Crippen LogP contribution in [0.5, 0.6) is 5.75 Å². The van der Waals surface area contributed by atoms with Gasteiger partial charge in [0, 0.05) is 19.8 Å². The van der Waals surface area contributed by atoms with Gasteiger partial charge in [-0.3, -0.25) is 0 Å². The molecule has 0 heterocycles. The van der Waals surface area contributed by atoms with Crippen molar-refractivity contribution in [1.29, 1.82) is 0 Å². The number of aryl methyl sites for hydroxylation is 1. The van der Waals surface area contributed by atoms with Crippen molar-refractivity contribution in [3.63, 3.8) is 0 Å². The summed E-state index contributed by atoms with van der Waals surface area (Å²) in [7, 11) is 3.96. The van der Waals surface area contributed by atoms with Crippen molar-refractivity contribution in [3.8, 4) is 5.75 Å². The summed E-state index contributed by atoms with van der Waals surface area (Å²) in [6.07, 6.45) is 0. The van der Waals surface area contributed by atoms with Gasteiger partial charge in [0.25, 0.3) is 0 Å². The van der Waals surface area contributed by atoms with Gasteiger partial charge in [-0.1, -0.05) is 0 Å². The maximum absolute atomic E-state index is 9.21. The molecule has 0 saturated carbocycles. The van der Waals surface area contributed by atoms with E-state index < -0.39 is 0 Å². The number of hydrogen-bond acceptors (Lipinski definition) is 2. The summed E-state index contributed by atoms with van der Waals surface area (Å²) >= 11 is 0. The minimum Gasteiger partial charge on any atom is -0.508 e. The normalized spacial score (nSPS) is 8.92. The lowest BCUT2D eigenvalue weighted by molar-refractivity contribution is 0.471. The van der Waals surface area contributed by atoms with E-state index in [0.29, 0.717) is 5.75 Å². The van der Waals surface area contributed by atoms with Crippen LogP contribution in [0.2, 0.25) is 0 Å². The van der Waals surface area contributed by atoms with Crippen LogP contribution in [0, 0.1) is 6.92 Å². The van der Waals surface area contributed by atoms with Crippen LogP contribution in [0.15, 0.2) is 18.2 Å². The van der Waals surface area contributed by atoms with Crippen LogP contribution in [-0.4, -0.2) is 19.2 Å². The minimum atomic E-state index is 0. The van der Waals surface area contributed by atoms with Crippen LogP contribution >= 0.6 is 12.4 Å². The number of phenolic OH excluding ortho intramolecular Hbond substituents is 1. The fraction of sp³-hybridized carbons (Fsp3) is 0.333. The molecule has 0 aliphatic rings. The molecule has 3 heteroatoms. The predicted octanol–water partition coefficient (Wildman–Crippen LogP) is 2.19. The van der Waals surface area contributed by atoms with E-state index in [0.717, 1.165) is 11.3 Å². The van der Waals surface area contributed by atoms with Crippen LogP contribution in [0.3, 0.4) is 0 Å². The van der Waals surface area contributed by atoms with Crippen molar-refractivity contribution in [2.45, 2.75) is 6.92 Å². The second-order valence-electron chi connectivity index (χ2n) is 2.87. The highest BCUT2D eigenvalue weighted by Crippen LogP contribution is 2.21. The molecule has 12 heavy (non-hydrogen) atoms. The maximum Gasteiger partial charge on any atom is 0.118 e. The molecule has 1 aromatic rings. The van der Waals surface area contributed by atoms with E-state index in [-0.39, 0.29) is 12.4 Å². The van der Waals surface area contributed by atoms with Crippen LogP contribution in [0.1, 0.15) is 5.56 Å². The van der Waals surface area contributed by atoms with Crippen molar-refractivity contribution >= 4 is 18.1 Å². The van der Waals surface area contributed by atoms with E-state index in [1.807, 2.05) is 38.1 Å². The first-order chi connectivity index (χ1) is 5.11. The Morgan fingerprint density at radius 2 is 1.83 bits per heavy atom. The molecule has 2 nitrogen and oxygen atoms in total. The summed E-state index contributed by atoms with van der Waals surface area (Å²) in [4.78, 5) is 2.01. The fourth-order valence-corrected chi connectivity index (χ4v) is 0.918. The highest BCUT2D eigenvalue weighted by Gasteiger charge is 1.98. The van der Waals surface area contributed by atoms with Gasteiger partial charge >= 0.3 is 0 Å². The molecule has 0 amide bonds. The van der Waals surface area contributed by atoms with Gasteiger partial charge in [0.05, 0.1) is 0 Å². The first-order valence-electron chi connectivity index (χ1n) is 3.58. The molecule has 1 N–H and O–H groups in total.